The maximum atomic E-state index is 5.27. The van der Waals surface area contributed by atoms with Crippen LogP contribution in [0.25, 0.3) is 0 Å². The van der Waals surface area contributed by atoms with Gasteiger partial charge in [0.05, 0.1) is 6.61 Å². The van der Waals surface area contributed by atoms with Gasteiger partial charge in [0.1, 0.15) is 0 Å². The largest absolute Gasteiger partial charge is 0.384 e. The van der Waals surface area contributed by atoms with E-state index >= 15 is 0 Å². The van der Waals surface area contributed by atoms with Crippen molar-refractivity contribution >= 4 is 5.69 Å². The van der Waals surface area contributed by atoms with E-state index < -0.39 is 0 Å². The maximum absolute atomic E-state index is 5.27. The van der Waals surface area contributed by atoms with Crippen LogP contribution < -0.4 is 10.2 Å². The maximum Gasteiger partial charge on any atom is 0.0503 e. The van der Waals surface area contributed by atoms with Crippen molar-refractivity contribution in [3.63, 3.8) is 0 Å². The molecule has 1 N–H and O–H groups in total. The Morgan fingerprint density at radius 1 is 1.29 bits per heavy atom. The van der Waals surface area contributed by atoms with E-state index in [9.17, 15) is 0 Å². The fourth-order valence-electron chi connectivity index (χ4n) is 3.27. The zero-order valence-corrected chi connectivity index (χ0v) is 14.0. The molecule has 0 aromatic heterocycles. The molecule has 0 bridgehead atoms. The Kier molecular flexibility index (Phi) is 5.65. The molecule has 1 aliphatic heterocycles. The van der Waals surface area contributed by atoms with E-state index in [2.05, 4.69) is 55.3 Å². The van der Waals surface area contributed by atoms with Gasteiger partial charge in [-0.2, -0.15) is 0 Å². The van der Waals surface area contributed by atoms with Crippen molar-refractivity contribution in [3.05, 3.63) is 29.8 Å². The first-order valence-electron chi connectivity index (χ1n) is 8.24. The number of hydrogen-bond donors (Lipinski definition) is 1. The van der Waals surface area contributed by atoms with Gasteiger partial charge in [-0.1, -0.05) is 32.0 Å². The molecule has 1 unspecified atom stereocenters. The smallest absolute Gasteiger partial charge is 0.0503 e. The molecule has 2 rings (SSSR count). The Hall–Kier alpha value is -1.06. The lowest BCUT2D eigenvalue weighted by atomic mass is 9.88. The van der Waals surface area contributed by atoms with Gasteiger partial charge in [-0.15, -0.1) is 0 Å². The number of anilines is 1. The Bertz CT molecular complexity index is 443. The summed E-state index contributed by atoms with van der Waals surface area (Å²) >= 11 is 0. The van der Waals surface area contributed by atoms with Crippen molar-refractivity contribution in [2.75, 3.05) is 31.7 Å². The topological polar surface area (TPSA) is 24.5 Å². The van der Waals surface area contributed by atoms with E-state index in [4.69, 9.17) is 4.74 Å². The number of nitrogens with zero attached hydrogens (tertiary/aromatic N) is 1. The third-order valence-corrected chi connectivity index (χ3v) is 5.01. The summed E-state index contributed by atoms with van der Waals surface area (Å²) in [6, 6.07) is 9.32. The lowest BCUT2D eigenvalue weighted by Gasteiger charge is -2.48. The van der Waals surface area contributed by atoms with E-state index in [1.165, 1.54) is 24.1 Å². The van der Waals surface area contributed by atoms with Gasteiger partial charge < -0.3 is 15.0 Å². The van der Waals surface area contributed by atoms with Crippen molar-refractivity contribution < 1.29 is 4.74 Å². The van der Waals surface area contributed by atoms with Gasteiger partial charge in [0.2, 0.25) is 0 Å². The van der Waals surface area contributed by atoms with Crippen molar-refractivity contribution in [2.24, 2.45) is 0 Å². The number of benzene rings is 1. The quantitative estimate of drug-likeness (QED) is 0.870. The van der Waals surface area contributed by atoms with Gasteiger partial charge in [0.25, 0.3) is 0 Å². The summed E-state index contributed by atoms with van der Waals surface area (Å²) in [4.78, 5) is 2.59. The van der Waals surface area contributed by atoms with Gasteiger partial charge >= 0.3 is 0 Å². The monoisotopic (exact) mass is 290 g/mol. The highest BCUT2D eigenvalue weighted by molar-refractivity contribution is 5.55. The molecule has 3 nitrogen and oxygen atoms in total. The Morgan fingerprint density at radius 2 is 2.00 bits per heavy atom. The Labute approximate surface area is 129 Å². The van der Waals surface area contributed by atoms with Crippen LogP contribution in [0.5, 0.6) is 0 Å². The molecule has 3 heteroatoms. The van der Waals surface area contributed by atoms with Gasteiger partial charge in [0.15, 0.2) is 0 Å². The van der Waals surface area contributed by atoms with Gasteiger partial charge in [-0.3, -0.25) is 0 Å². The van der Waals surface area contributed by atoms with Gasteiger partial charge in [0, 0.05) is 37.5 Å². The number of methoxy groups -OCH3 is 1. The Morgan fingerprint density at radius 3 is 2.67 bits per heavy atom. The summed E-state index contributed by atoms with van der Waals surface area (Å²) in [5, 5.41) is 3.78. The molecule has 1 heterocycles. The first-order valence-corrected chi connectivity index (χ1v) is 8.24. The molecule has 1 fully saturated rings. The molecule has 1 aliphatic rings. The van der Waals surface area contributed by atoms with Crippen LogP contribution in [0.15, 0.2) is 24.3 Å². The first-order chi connectivity index (χ1) is 10.2. The molecule has 0 radical (unpaired) electrons. The molecule has 1 saturated heterocycles. The summed E-state index contributed by atoms with van der Waals surface area (Å²) in [5.41, 5.74) is 3.03. The number of ether oxygens (including phenoxy) is 1. The predicted octanol–water partition coefficient (Wildman–Crippen LogP) is 3.23. The van der Waals surface area contributed by atoms with Crippen LogP contribution in [0.3, 0.4) is 0 Å². The molecule has 118 valence electrons. The highest BCUT2D eigenvalue weighted by Crippen LogP contribution is 2.30. The fraction of sp³-hybridized carbons (Fsp3) is 0.667. The summed E-state index contributed by atoms with van der Waals surface area (Å²) < 4.78 is 5.27. The van der Waals surface area contributed by atoms with Crippen LogP contribution in [-0.4, -0.2) is 38.4 Å². The summed E-state index contributed by atoms with van der Waals surface area (Å²) in [6.45, 7) is 9.83. The van der Waals surface area contributed by atoms with Crippen molar-refractivity contribution in [1.82, 2.24) is 5.32 Å². The second kappa shape index (κ2) is 7.28. The Balaban J connectivity index is 2.26. The average Bonchev–Trinajstić information content (AvgIpc) is 2.54. The number of rotatable bonds is 6. The molecule has 0 aliphatic carbocycles. The van der Waals surface area contributed by atoms with E-state index in [0.717, 1.165) is 26.1 Å². The van der Waals surface area contributed by atoms with E-state index in [0.29, 0.717) is 6.04 Å². The molecule has 1 aromatic carbocycles. The van der Waals surface area contributed by atoms with E-state index in [1.807, 2.05) is 0 Å². The number of nitrogens with one attached hydrogen (secondary N) is 1. The van der Waals surface area contributed by atoms with Crippen molar-refractivity contribution in [3.8, 4) is 0 Å². The summed E-state index contributed by atoms with van der Waals surface area (Å²) in [7, 11) is 1.77. The van der Waals surface area contributed by atoms with Gasteiger partial charge in [-0.25, -0.2) is 0 Å². The number of para-hydroxylation sites is 1. The zero-order valence-electron chi connectivity index (χ0n) is 14.0. The molecule has 1 atom stereocenters. The third-order valence-electron chi connectivity index (χ3n) is 5.01. The highest BCUT2D eigenvalue weighted by atomic mass is 16.5. The number of hydrogen-bond acceptors (Lipinski definition) is 3. The molecule has 0 amide bonds. The standard InChI is InChI=1S/C18H30N2O/c1-5-18(6-2)14-20(15(3)13-19-18)17-10-8-7-9-16(17)11-12-21-4/h7-10,15,19H,5-6,11-14H2,1-4H3. The highest BCUT2D eigenvalue weighted by Gasteiger charge is 2.35. The SMILES string of the molecule is CCC1(CC)CN(c2ccccc2CCOC)C(C)CN1. The molecule has 0 saturated carbocycles. The average molecular weight is 290 g/mol. The third kappa shape index (κ3) is 3.58. The van der Waals surface area contributed by atoms with Crippen LogP contribution in [-0.2, 0) is 11.2 Å². The normalized spacial score (nSPS) is 21.5. The summed E-state index contributed by atoms with van der Waals surface area (Å²) in [6.07, 6.45) is 3.33. The molecule has 0 spiro atoms. The predicted molar refractivity (Wildman–Crippen MR) is 90.1 cm³/mol. The van der Waals surface area contributed by atoms with E-state index in [1.54, 1.807) is 7.11 Å². The lowest BCUT2D eigenvalue weighted by Crippen LogP contribution is -2.63. The van der Waals surface area contributed by atoms with Crippen LogP contribution in [0.1, 0.15) is 39.2 Å². The van der Waals surface area contributed by atoms with Crippen molar-refractivity contribution in [2.45, 2.75) is 51.6 Å². The molecule has 1 aromatic rings. The number of piperazine rings is 1. The van der Waals surface area contributed by atoms with Crippen LogP contribution in [0, 0.1) is 0 Å². The van der Waals surface area contributed by atoms with Crippen LogP contribution in [0.4, 0.5) is 5.69 Å². The molecular formula is C18H30N2O. The van der Waals surface area contributed by atoms with Gasteiger partial charge in [-0.05, 0) is 37.8 Å². The minimum atomic E-state index is 0.251. The van der Waals surface area contributed by atoms with Crippen LogP contribution in [0.2, 0.25) is 0 Å². The zero-order chi connectivity index (χ0) is 15.3. The molecular weight excluding hydrogens is 260 g/mol. The van der Waals surface area contributed by atoms with Crippen LogP contribution >= 0.6 is 0 Å². The van der Waals surface area contributed by atoms with Crippen molar-refractivity contribution in [1.29, 1.82) is 0 Å². The molecule has 21 heavy (non-hydrogen) atoms. The minimum Gasteiger partial charge on any atom is -0.384 e. The first kappa shape index (κ1) is 16.3. The van der Waals surface area contributed by atoms with E-state index in [-0.39, 0.29) is 5.54 Å². The minimum absolute atomic E-state index is 0.251. The second-order valence-corrected chi connectivity index (χ2v) is 6.22. The second-order valence-electron chi connectivity index (χ2n) is 6.22. The fourth-order valence-corrected chi connectivity index (χ4v) is 3.27. The lowest BCUT2D eigenvalue weighted by molar-refractivity contribution is 0.202. The summed E-state index contributed by atoms with van der Waals surface area (Å²) in [5.74, 6) is 0.